The van der Waals surface area contributed by atoms with Gasteiger partial charge in [-0.05, 0) is 19.8 Å². The normalized spacial score (nSPS) is 17.8. The highest BCUT2D eigenvalue weighted by Gasteiger charge is 2.44. The highest BCUT2D eigenvalue weighted by molar-refractivity contribution is 7.87. The molecule has 0 aromatic rings. The molecule has 0 bridgehead atoms. The Labute approximate surface area is 98.7 Å². The van der Waals surface area contributed by atoms with Gasteiger partial charge >= 0.3 is 0 Å². The van der Waals surface area contributed by atoms with Gasteiger partial charge in [0.2, 0.25) is 0 Å². The SMILES string of the molecule is C=CCC(CCCCC)(C(C)N)S(=O)(=O)O. The maximum absolute atomic E-state index is 11.5. The maximum Gasteiger partial charge on any atom is 0.272 e. The first-order valence-corrected chi connectivity index (χ1v) is 7.09. The number of hydrogen-bond acceptors (Lipinski definition) is 3. The van der Waals surface area contributed by atoms with Crippen molar-refractivity contribution in [3.05, 3.63) is 12.7 Å². The molecule has 0 aromatic heterocycles. The van der Waals surface area contributed by atoms with Gasteiger partial charge in [0.05, 0.1) is 0 Å². The Morgan fingerprint density at radius 2 is 2.06 bits per heavy atom. The van der Waals surface area contributed by atoms with Gasteiger partial charge < -0.3 is 5.73 Å². The average molecular weight is 249 g/mol. The predicted octanol–water partition coefficient (Wildman–Crippen LogP) is 2.12. The van der Waals surface area contributed by atoms with E-state index in [2.05, 4.69) is 6.58 Å². The van der Waals surface area contributed by atoms with Crippen molar-refractivity contribution in [2.24, 2.45) is 5.73 Å². The molecule has 0 aliphatic carbocycles. The molecule has 5 heteroatoms. The summed E-state index contributed by atoms with van der Waals surface area (Å²) in [6.45, 7) is 7.19. The molecule has 96 valence electrons. The van der Waals surface area contributed by atoms with Gasteiger partial charge in [-0.1, -0.05) is 32.3 Å². The van der Waals surface area contributed by atoms with E-state index in [9.17, 15) is 13.0 Å². The van der Waals surface area contributed by atoms with Crippen LogP contribution in [-0.2, 0) is 10.1 Å². The van der Waals surface area contributed by atoms with Crippen LogP contribution >= 0.6 is 0 Å². The molecule has 0 saturated heterocycles. The third-order valence-corrected chi connectivity index (χ3v) is 4.81. The topological polar surface area (TPSA) is 80.4 Å². The van der Waals surface area contributed by atoms with Crippen molar-refractivity contribution in [2.75, 3.05) is 0 Å². The number of unbranched alkanes of at least 4 members (excludes halogenated alkanes) is 2. The summed E-state index contributed by atoms with van der Waals surface area (Å²) in [6, 6.07) is -0.614. The first-order valence-electron chi connectivity index (χ1n) is 5.65. The molecule has 0 heterocycles. The Balaban J connectivity index is 5.03. The number of nitrogens with two attached hydrogens (primary N) is 1. The zero-order valence-electron chi connectivity index (χ0n) is 10.1. The molecule has 0 aliphatic rings. The third-order valence-electron chi connectivity index (χ3n) is 3.04. The van der Waals surface area contributed by atoms with Crippen molar-refractivity contribution in [1.82, 2.24) is 0 Å². The van der Waals surface area contributed by atoms with Gasteiger partial charge in [-0.15, -0.1) is 6.58 Å². The molecule has 16 heavy (non-hydrogen) atoms. The van der Waals surface area contributed by atoms with E-state index >= 15 is 0 Å². The molecule has 0 saturated carbocycles. The summed E-state index contributed by atoms with van der Waals surface area (Å²) in [7, 11) is -4.16. The van der Waals surface area contributed by atoms with Gasteiger partial charge in [-0.25, -0.2) is 0 Å². The summed E-state index contributed by atoms with van der Waals surface area (Å²) in [6.07, 6.45) is 4.74. The molecule has 3 N–H and O–H groups in total. The van der Waals surface area contributed by atoms with E-state index < -0.39 is 20.9 Å². The van der Waals surface area contributed by atoms with Crippen molar-refractivity contribution >= 4 is 10.1 Å². The largest absolute Gasteiger partial charge is 0.326 e. The molecular formula is C11H23NO3S. The lowest BCUT2D eigenvalue weighted by atomic mass is 9.90. The second-order valence-corrected chi connectivity index (χ2v) is 6.04. The van der Waals surface area contributed by atoms with E-state index in [4.69, 9.17) is 5.73 Å². The lowest BCUT2D eigenvalue weighted by Gasteiger charge is -2.33. The van der Waals surface area contributed by atoms with Crippen LogP contribution in [0.4, 0.5) is 0 Å². The van der Waals surface area contributed by atoms with Crippen LogP contribution in [-0.4, -0.2) is 23.8 Å². The molecule has 0 fully saturated rings. The predicted molar refractivity (Wildman–Crippen MR) is 66.9 cm³/mol. The van der Waals surface area contributed by atoms with Crippen LogP contribution in [0.1, 0.15) is 46.0 Å². The number of rotatable bonds is 8. The fourth-order valence-electron chi connectivity index (χ4n) is 1.90. The van der Waals surface area contributed by atoms with E-state index in [1.165, 1.54) is 6.08 Å². The van der Waals surface area contributed by atoms with Gasteiger partial charge in [0.15, 0.2) is 0 Å². The molecule has 0 rings (SSSR count). The summed E-state index contributed by atoms with van der Waals surface area (Å²) >= 11 is 0. The molecule has 0 radical (unpaired) electrons. The second kappa shape index (κ2) is 6.37. The van der Waals surface area contributed by atoms with E-state index in [-0.39, 0.29) is 6.42 Å². The number of hydrogen-bond donors (Lipinski definition) is 2. The zero-order valence-corrected chi connectivity index (χ0v) is 11.0. The fraction of sp³-hybridized carbons (Fsp3) is 0.818. The maximum atomic E-state index is 11.5. The molecule has 0 amide bonds. The summed E-state index contributed by atoms with van der Waals surface area (Å²) in [5.41, 5.74) is 5.74. The van der Waals surface area contributed by atoms with E-state index in [1.807, 2.05) is 6.92 Å². The molecule has 0 aliphatic heterocycles. The van der Waals surface area contributed by atoms with Crippen LogP contribution in [0, 0.1) is 0 Å². The average Bonchev–Trinajstić information content (AvgIpc) is 2.14. The summed E-state index contributed by atoms with van der Waals surface area (Å²) in [5.74, 6) is 0. The van der Waals surface area contributed by atoms with E-state index in [1.54, 1.807) is 6.92 Å². The monoisotopic (exact) mass is 249 g/mol. The first kappa shape index (κ1) is 15.6. The lowest BCUT2D eigenvalue weighted by molar-refractivity contribution is 0.363. The van der Waals surface area contributed by atoms with Crippen LogP contribution in [0.15, 0.2) is 12.7 Å². The summed E-state index contributed by atoms with van der Waals surface area (Å²) < 4.78 is 31.1. The van der Waals surface area contributed by atoms with Gasteiger partial charge in [0.25, 0.3) is 10.1 Å². The summed E-state index contributed by atoms with van der Waals surface area (Å²) in [4.78, 5) is 0. The minimum Gasteiger partial charge on any atom is -0.326 e. The van der Waals surface area contributed by atoms with Gasteiger partial charge in [-0.3, -0.25) is 4.55 Å². The van der Waals surface area contributed by atoms with Crippen molar-refractivity contribution in [2.45, 2.75) is 56.7 Å². The Morgan fingerprint density at radius 3 is 2.38 bits per heavy atom. The molecular weight excluding hydrogens is 226 g/mol. The third kappa shape index (κ3) is 3.57. The van der Waals surface area contributed by atoms with Crippen LogP contribution in [0.3, 0.4) is 0 Å². The minimum atomic E-state index is -4.16. The standard InChI is InChI=1S/C11H23NO3S/c1-4-6-7-9-11(8-5-2,10(3)12)16(13,14)15/h5,10H,2,4,6-9,12H2,1,3H3,(H,13,14,15). The van der Waals surface area contributed by atoms with Crippen LogP contribution in [0.5, 0.6) is 0 Å². The number of allylic oxidation sites excluding steroid dienone is 1. The van der Waals surface area contributed by atoms with Crippen molar-refractivity contribution in [1.29, 1.82) is 0 Å². The van der Waals surface area contributed by atoms with Crippen molar-refractivity contribution in [3.8, 4) is 0 Å². The molecule has 2 atom stereocenters. The minimum absolute atomic E-state index is 0.188. The van der Waals surface area contributed by atoms with Gasteiger partial charge in [-0.2, -0.15) is 8.42 Å². The zero-order chi connectivity index (χ0) is 12.8. The van der Waals surface area contributed by atoms with Crippen molar-refractivity contribution < 1.29 is 13.0 Å². The molecule has 0 aromatic carbocycles. The first-order chi connectivity index (χ1) is 7.31. The van der Waals surface area contributed by atoms with Gasteiger partial charge in [0, 0.05) is 6.04 Å². The van der Waals surface area contributed by atoms with Crippen LogP contribution in [0.25, 0.3) is 0 Å². The Bertz CT molecular complexity index is 311. The molecule has 0 spiro atoms. The van der Waals surface area contributed by atoms with Crippen LogP contribution < -0.4 is 5.73 Å². The Hall–Kier alpha value is -0.390. The quantitative estimate of drug-likeness (QED) is 0.392. The summed E-state index contributed by atoms with van der Waals surface area (Å²) in [5, 5.41) is 0. The second-order valence-electron chi connectivity index (χ2n) is 4.28. The highest BCUT2D eigenvalue weighted by Crippen LogP contribution is 2.31. The lowest BCUT2D eigenvalue weighted by Crippen LogP contribution is -2.51. The highest BCUT2D eigenvalue weighted by atomic mass is 32.2. The smallest absolute Gasteiger partial charge is 0.272 e. The fourth-order valence-corrected chi connectivity index (χ4v) is 3.10. The van der Waals surface area contributed by atoms with E-state index in [0.717, 1.165) is 19.3 Å². The Morgan fingerprint density at radius 1 is 1.50 bits per heavy atom. The van der Waals surface area contributed by atoms with Gasteiger partial charge in [0.1, 0.15) is 4.75 Å². The van der Waals surface area contributed by atoms with Crippen LogP contribution in [0.2, 0.25) is 0 Å². The Kier molecular flexibility index (Phi) is 6.22. The van der Waals surface area contributed by atoms with E-state index in [0.29, 0.717) is 6.42 Å². The van der Waals surface area contributed by atoms with Crippen molar-refractivity contribution in [3.63, 3.8) is 0 Å². The molecule has 4 nitrogen and oxygen atoms in total. The molecule has 2 unspecified atom stereocenters.